The van der Waals surface area contributed by atoms with E-state index in [0.29, 0.717) is 30.0 Å². The summed E-state index contributed by atoms with van der Waals surface area (Å²) in [6.45, 7) is 5.20. The molecule has 146 valence electrons. The van der Waals surface area contributed by atoms with Crippen molar-refractivity contribution < 1.29 is 18.7 Å². The first-order valence-electron chi connectivity index (χ1n) is 8.29. The SMILES string of the molecule is CC(C)=NOCCCCCCOc1c(F)cc(OCC=C(Br)Br)cc1Br. The minimum absolute atomic E-state index is 0.214. The maximum absolute atomic E-state index is 14.2. The van der Waals surface area contributed by atoms with Gasteiger partial charge in [0.2, 0.25) is 0 Å². The van der Waals surface area contributed by atoms with Gasteiger partial charge < -0.3 is 14.3 Å². The van der Waals surface area contributed by atoms with E-state index in [2.05, 4.69) is 52.9 Å². The van der Waals surface area contributed by atoms with Crippen molar-refractivity contribution in [3.05, 3.63) is 31.9 Å². The fraction of sp³-hybridized carbons (Fsp3) is 0.500. The quantitative estimate of drug-likeness (QED) is 0.158. The van der Waals surface area contributed by atoms with Crippen molar-refractivity contribution in [2.75, 3.05) is 19.8 Å². The van der Waals surface area contributed by atoms with Crippen LogP contribution in [0.3, 0.4) is 0 Å². The van der Waals surface area contributed by atoms with E-state index in [1.807, 2.05) is 13.8 Å². The molecule has 0 bridgehead atoms. The second-order valence-corrected chi connectivity index (χ2v) is 9.28. The van der Waals surface area contributed by atoms with Gasteiger partial charge in [-0.2, -0.15) is 0 Å². The lowest BCUT2D eigenvalue weighted by molar-refractivity contribution is 0.139. The van der Waals surface area contributed by atoms with Crippen molar-refractivity contribution in [1.29, 1.82) is 0 Å². The van der Waals surface area contributed by atoms with Crippen molar-refractivity contribution in [1.82, 2.24) is 0 Å². The van der Waals surface area contributed by atoms with Crippen molar-refractivity contribution in [3.63, 3.8) is 0 Å². The molecule has 1 aromatic carbocycles. The van der Waals surface area contributed by atoms with Crippen LogP contribution in [-0.4, -0.2) is 25.5 Å². The molecule has 0 aliphatic carbocycles. The molecule has 0 atom stereocenters. The van der Waals surface area contributed by atoms with Crippen molar-refractivity contribution in [2.45, 2.75) is 39.5 Å². The predicted octanol–water partition coefficient (Wildman–Crippen LogP) is 6.95. The summed E-state index contributed by atoms with van der Waals surface area (Å²) in [5.41, 5.74) is 0.912. The highest BCUT2D eigenvalue weighted by atomic mass is 79.9. The van der Waals surface area contributed by atoms with E-state index in [1.165, 1.54) is 6.07 Å². The zero-order valence-electron chi connectivity index (χ0n) is 14.9. The maximum Gasteiger partial charge on any atom is 0.169 e. The third-order valence-corrected chi connectivity index (χ3v) is 4.32. The highest BCUT2D eigenvalue weighted by molar-refractivity contribution is 9.28. The number of oxime groups is 1. The number of rotatable bonds is 12. The van der Waals surface area contributed by atoms with E-state index in [-0.39, 0.29) is 5.75 Å². The Hall–Kier alpha value is -0.600. The first kappa shape index (κ1) is 23.4. The Kier molecular flexibility index (Phi) is 12.2. The van der Waals surface area contributed by atoms with Crippen molar-refractivity contribution >= 4 is 53.5 Å². The Balaban J connectivity index is 2.30. The summed E-state index contributed by atoms with van der Waals surface area (Å²) in [6.07, 6.45) is 5.59. The van der Waals surface area contributed by atoms with Gasteiger partial charge in [-0.25, -0.2) is 4.39 Å². The first-order chi connectivity index (χ1) is 12.4. The van der Waals surface area contributed by atoms with Gasteiger partial charge in [-0.3, -0.25) is 0 Å². The first-order valence-corrected chi connectivity index (χ1v) is 10.7. The molecule has 0 unspecified atom stereocenters. The summed E-state index contributed by atoms with van der Waals surface area (Å²) in [7, 11) is 0. The number of hydrogen-bond donors (Lipinski definition) is 0. The van der Waals surface area contributed by atoms with Crippen LogP contribution in [0.25, 0.3) is 0 Å². The van der Waals surface area contributed by atoms with Gasteiger partial charge in [0.25, 0.3) is 0 Å². The molecule has 0 heterocycles. The van der Waals surface area contributed by atoms with Crippen molar-refractivity contribution in [3.8, 4) is 11.5 Å². The normalized spacial score (nSPS) is 10.2. The predicted molar refractivity (Wildman–Crippen MR) is 114 cm³/mol. The lowest BCUT2D eigenvalue weighted by atomic mass is 10.2. The Morgan fingerprint density at radius 3 is 2.38 bits per heavy atom. The number of benzene rings is 1. The molecule has 0 aromatic heterocycles. The standard InChI is InChI=1S/C18H23Br3FNO3/c1-13(2)23-26-9-6-4-3-5-8-25-18-15(19)11-14(12-16(18)22)24-10-7-17(20)21/h7,11-12H,3-6,8-10H2,1-2H3. The molecule has 0 aliphatic rings. The molecular formula is C18H23Br3FNO3. The molecule has 8 heteroatoms. The molecule has 4 nitrogen and oxygen atoms in total. The van der Waals surface area contributed by atoms with E-state index in [4.69, 9.17) is 14.3 Å². The van der Waals surface area contributed by atoms with Crippen LogP contribution in [0.2, 0.25) is 0 Å². The van der Waals surface area contributed by atoms with Gasteiger partial charge in [-0.1, -0.05) is 5.16 Å². The molecule has 1 aromatic rings. The van der Waals surface area contributed by atoms with Crippen LogP contribution in [0.5, 0.6) is 11.5 Å². The summed E-state index contributed by atoms with van der Waals surface area (Å²) in [6, 6.07) is 3.02. The zero-order valence-corrected chi connectivity index (χ0v) is 19.6. The molecule has 0 fully saturated rings. The Bertz CT molecular complexity index is 593. The third-order valence-electron chi connectivity index (χ3n) is 3.08. The van der Waals surface area contributed by atoms with E-state index in [1.54, 1.807) is 12.1 Å². The second-order valence-electron chi connectivity index (χ2n) is 5.66. The number of ether oxygens (including phenoxy) is 2. The summed E-state index contributed by atoms with van der Waals surface area (Å²) in [4.78, 5) is 5.13. The van der Waals surface area contributed by atoms with Crippen LogP contribution in [-0.2, 0) is 4.84 Å². The molecule has 0 N–H and O–H groups in total. The fourth-order valence-electron chi connectivity index (χ4n) is 1.93. The van der Waals surface area contributed by atoms with Crippen LogP contribution in [0.15, 0.2) is 31.2 Å². The number of hydrogen-bond acceptors (Lipinski definition) is 4. The Morgan fingerprint density at radius 2 is 1.77 bits per heavy atom. The number of unbranched alkanes of at least 4 members (excludes halogenated alkanes) is 3. The molecule has 0 saturated heterocycles. The van der Waals surface area contributed by atoms with Crippen LogP contribution < -0.4 is 9.47 Å². The van der Waals surface area contributed by atoms with Gasteiger partial charge in [0.1, 0.15) is 19.0 Å². The monoisotopic (exact) mass is 557 g/mol. The minimum Gasteiger partial charge on any atom is -0.489 e. The molecule has 0 saturated carbocycles. The Morgan fingerprint density at radius 1 is 1.08 bits per heavy atom. The van der Waals surface area contributed by atoms with Crippen LogP contribution in [0.4, 0.5) is 4.39 Å². The third kappa shape index (κ3) is 10.5. The van der Waals surface area contributed by atoms with Gasteiger partial charge in [0.15, 0.2) is 11.6 Å². The second kappa shape index (κ2) is 13.6. The maximum atomic E-state index is 14.2. The smallest absolute Gasteiger partial charge is 0.169 e. The fourth-order valence-corrected chi connectivity index (χ4v) is 2.72. The molecule has 0 radical (unpaired) electrons. The number of halogens is 4. The highest BCUT2D eigenvalue weighted by Gasteiger charge is 2.11. The molecule has 26 heavy (non-hydrogen) atoms. The molecular weight excluding hydrogens is 537 g/mol. The van der Waals surface area contributed by atoms with Gasteiger partial charge >= 0.3 is 0 Å². The highest BCUT2D eigenvalue weighted by Crippen LogP contribution is 2.33. The van der Waals surface area contributed by atoms with Crippen LogP contribution in [0, 0.1) is 5.82 Å². The van der Waals surface area contributed by atoms with Crippen LogP contribution in [0.1, 0.15) is 39.5 Å². The van der Waals surface area contributed by atoms with Crippen molar-refractivity contribution in [2.24, 2.45) is 5.16 Å². The zero-order chi connectivity index (χ0) is 19.4. The summed E-state index contributed by atoms with van der Waals surface area (Å²) < 4.78 is 26.5. The summed E-state index contributed by atoms with van der Waals surface area (Å²) in [5, 5.41) is 3.88. The average molecular weight is 560 g/mol. The van der Waals surface area contributed by atoms with Crippen LogP contribution >= 0.6 is 47.8 Å². The Labute approximate surface area is 179 Å². The topological polar surface area (TPSA) is 40.0 Å². The van der Waals surface area contributed by atoms with Gasteiger partial charge in [-0.05, 0) is 99.5 Å². The minimum atomic E-state index is -0.447. The lowest BCUT2D eigenvalue weighted by Crippen LogP contribution is -2.02. The van der Waals surface area contributed by atoms with E-state index in [9.17, 15) is 4.39 Å². The van der Waals surface area contributed by atoms with E-state index in [0.717, 1.165) is 34.8 Å². The molecule has 0 spiro atoms. The molecule has 0 amide bonds. The molecule has 0 aliphatic heterocycles. The van der Waals surface area contributed by atoms with Gasteiger partial charge in [-0.15, -0.1) is 0 Å². The lowest BCUT2D eigenvalue weighted by Gasteiger charge is -2.11. The molecule has 1 rings (SSSR count). The van der Waals surface area contributed by atoms with E-state index < -0.39 is 5.82 Å². The largest absolute Gasteiger partial charge is 0.489 e. The number of nitrogens with zero attached hydrogens (tertiary/aromatic N) is 1. The summed E-state index contributed by atoms with van der Waals surface area (Å²) >= 11 is 9.80. The average Bonchev–Trinajstić information content (AvgIpc) is 2.54. The van der Waals surface area contributed by atoms with E-state index >= 15 is 0 Å². The van der Waals surface area contributed by atoms with Gasteiger partial charge in [0.05, 0.1) is 20.2 Å². The van der Waals surface area contributed by atoms with Gasteiger partial charge in [0, 0.05) is 6.07 Å². The summed E-state index contributed by atoms with van der Waals surface area (Å²) in [5.74, 6) is 0.201.